The van der Waals surface area contributed by atoms with Crippen molar-refractivity contribution < 1.29 is 27.1 Å². The van der Waals surface area contributed by atoms with Gasteiger partial charge in [-0.2, -0.15) is 4.31 Å². The molecular formula is C20H21ClFNO5S. The number of piperidine rings is 1. The van der Waals surface area contributed by atoms with Crippen LogP contribution in [0.3, 0.4) is 0 Å². The van der Waals surface area contributed by atoms with E-state index in [-0.39, 0.29) is 34.5 Å². The van der Waals surface area contributed by atoms with Gasteiger partial charge >= 0.3 is 5.97 Å². The van der Waals surface area contributed by atoms with E-state index in [9.17, 15) is 17.6 Å². The van der Waals surface area contributed by atoms with Gasteiger partial charge in [-0.25, -0.2) is 17.6 Å². The Morgan fingerprint density at radius 1 is 1.03 bits per heavy atom. The number of rotatable bonds is 7. The minimum absolute atomic E-state index is 0.0123. The lowest BCUT2D eigenvalue weighted by molar-refractivity contribution is 0.0450. The molecule has 1 aliphatic heterocycles. The zero-order valence-electron chi connectivity index (χ0n) is 15.6. The number of esters is 1. The van der Waals surface area contributed by atoms with Gasteiger partial charge in [-0.3, -0.25) is 0 Å². The van der Waals surface area contributed by atoms with E-state index < -0.39 is 16.0 Å². The summed E-state index contributed by atoms with van der Waals surface area (Å²) in [5.74, 6) is -0.679. The molecule has 0 radical (unpaired) electrons. The van der Waals surface area contributed by atoms with Gasteiger partial charge in [-0.05, 0) is 55.3 Å². The van der Waals surface area contributed by atoms with Crippen LogP contribution in [0.4, 0.5) is 4.39 Å². The van der Waals surface area contributed by atoms with E-state index >= 15 is 0 Å². The van der Waals surface area contributed by atoms with Gasteiger partial charge < -0.3 is 9.47 Å². The maximum atomic E-state index is 12.9. The normalized spacial score (nSPS) is 15.1. The van der Waals surface area contributed by atoms with Crippen molar-refractivity contribution in [3.63, 3.8) is 0 Å². The Kier molecular flexibility index (Phi) is 7.10. The fourth-order valence-corrected chi connectivity index (χ4v) is 4.72. The Bertz CT molecular complexity index is 959. The molecule has 9 heteroatoms. The number of carbonyl (C=O) groups excluding carboxylic acids is 1. The summed E-state index contributed by atoms with van der Waals surface area (Å²) in [5.41, 5.74) is -0.0217. The average Bonchev–Trinajstić information content (AvgIpc) is 2.73. The molecule has 1 fully saturated rings. The first-order valence-electron chi connectivity index (χ1n) is 9.23. The third-order valence-corrected chi connectivity index (χ3v) is 6.73. The van der Waals surface area contributed by atoms with Crippen molar-refractivity contribution in [2.75, 3.05) is 26.3 Å². The van der Waals surface area contributed by atoms with Gasteiger partial charge in [0.25, 0.3) is 0 Å². The summed E-state index contributed by atoms with van der Waals surface area (Å²) in [6.45, 7) is 0.910. The number of halogens is 2. The first kappa shape index (κ1) is 21.5. The lowest BCUT2D eigenvalue weighted by atomic mass is 10.2. The van der Waals surface area contributed by atoms with Gasteiger partial charge in [0.05, 0.1) is 15.5 Å². The number of nitrogens with zero attached hydrogens (tertiary/aromatic N) is 1. The van der Waals surface area contributed by atoms with Gasteiger partial charge in [-0.1, -0.05) is 18.0 Å². The predicted molar refractivity (Wildman–Crippen MR) is 106 cm³/mol. The fraction of sp³-hybridized carbons (Fsp3) is 0.350. The van der Waals surface area contributed by atoms with Crippen LogP contribution in [0.1, 0.15) is 29.6 Å². The molecule has 0 atom stereocenters. The Labute approximate surface area is 174 Å². The second-order valence-electron chi connectivity index (χ2n) is 6.54. The molecule has 0 amide bonds. The molecule has 1 aliphatic rings. The van der Waals surface area contributed by atoms with Crippen LogP contribution in [0.5, 0.6) is 5.75 Å². The quantitative estimate of drug-likeness (QED) is 0.481. The van der Waals surface area contributed by atoms with E-state index in [0.29, 0.717) is 18.8 Å². The second-order valence-corrected chi connectivity index (χ2v) is 8.89. The Morgan fingerprint density at radius 3 is 2.41 bits per heavy atom. The predicted octanol–water partition coefficient (Wildman–Crippen LogP) is 3.89. The van der Waals surface area contributed by atoms with Gasteiger partial charge in [0.2, 0.25) is 10.0 Å². The third-order valence-electron chi connectivity index (χ3n) is 4.51. The van der Waals surface area contributed by atoms with Crippen LogP contribution in [0.2, 0.25) is 5.02 Å². The molecule has 1 heterocycles. The van der Waals surface area contributed by atoms with Crippen molar-refractivity contribution in [3.05, 3.63) is 58.9 Å². The summed E-state index contributed by atoms with van der Waals surface area (Å²) in [4.78, 5) is 12.4. The number of benzene rings is 2. The molecule has 29 heavy (non-hydrogen) atoms. The topological polar surface area (TPSA) is 72.9 Å². The van der Waals surface area contributed by atoms with Gasteiger partial charge in [-0.15, -0.1) is 0 Å². The standard InChI is InChI=1S/C20H21ClFNO5S/c21-19-9-8-17(29(25,26)23-10-2-1-3-11-23)14-18(19)20(24)28-13-12-27-16-6-4-15(22)5-7-16/h4-9,14H,1-3,10-13H2. The van der Waals surface area contributed by atoms with Crippen molar-refractivity contribution in [1.82, 2.24) is 4.31 Å². The highest BCUT2D eigenvalue weighted by Crippen LogP contribution is 2.25. The molecule has 0 N–H and O–H groups in total. The lowest BCUT2D eigenvalue weighted by Gasteiger charge is -2.26. The molecule has 156 valence electrons. The second kappa shape index (κ2) is 9.56. The van der Waals surface area contributed by atoms with Gasteiger partial charge in [0.1, 0.15) is 24.8 Å². The van der Waals surface area contributed by atoms with E-state index in [1.165, 1.54) is 46.8 Å². The molecular weight excluding hydrogens is 421 g/mol. The summed E-state index contributed by atoms with van der Waals surface area (Å²) in [6.07, 6.45) is 2.63. The number of hydrogen-bond acceptors (Lipinski definition) is 5. The van der Waals surface area contributed by atoms with E-state index in [0.717, 1.165) is 19.3 Å². The molecule has 2 aromatic carbocycles. The van der Waals surface area contributed by atoms with Crippen LogP contribution in [0.15, 0.2) is 47.4 Å². The van der Waals surface area contributed by atoms with Crippen molar-refractivity contribution >= 4 is 27.6 Å². The molecule has 0 spiro atoms. The Balaban J connectivity index is 1.62. The summed E-state index contributed by atoms with van der Waals surface area (Å²) in [6, 6.07) is 9.46. The minimum Gasteiger partial charge on any atom is -0.490 e. The van der Waals surface area contributed by atoms with E-state index in [4.69, 9.17) is 21.1 Å². The van der Waals surface area contributed by atoms with Crippen LogP contribution in [0.25, 0.3) is 0 Å². The zero-order valence-corrected chi connectivity index (χ0v) is 17.2. The van der Waals surface area contributed by atoms with Crippen LogP contribution in [0, 0.1) is 5.82 Å². The third kappa shape index (κ3) is 5.46. The number of ether oxygens (including phenoxy) is 2. The maximum Gasteiger partial charge on any atom is 0.339 e. The highest BCUT2D eigenvalue weighted by atomic mass is 35.5. The van der Waals surface area contributed by atoms with E-state index in [1.807, 2.05) is 0 Å². The van der Waals surface area contributed by atoms with E-state index in [1.54, 1.807) is 0 Å². The molecule has 2 aromatic rings. The summed E-state index contributed by atoms with van der Waals surface area (Å²) in [7, 11) is -3.69. The number of hydrogen-bond donors (Lipinski definition) is 0. The largest absolute Gasteiger partial charge is 0.490 e. The van der Waals surface area contributed by atoms with Crippen LogP contribution >= 0.6 is 11.6 Å². The van der Waals surface area contributed by atoms with Gasteiger partial charge in [0, 0.05) is 13.1 Å². The lowest BCUT2D eigenvalue weighted by Crippen LogP contribution is -2.35. The van der Waals surface area contributed by atoms with Crippen molar-refractivity contribution in [3.8, 4) is 5.75 Å². The first-order chi connectivity index (χ1) is 13.9. The van der Waals surface area contributed by atoms with Crippen LogP contribution in [-0.2, 0) is 14.8 Å². The summed E-state index contributed by atoms with van der Waals surface area (Å²) >= 11 is 6.07. The van der Waals surface area contributed by atoms with Crippen LogP contribution < -0.4 is 4.74 Å². The highest BCUT2D eigenvalue weighted by Gasteiger charge is 2.27. The molecule has 6 nitrogen and oxygen atoms in total. The Morgan fingerprint density at radius 2 is 1.72 bits per heavy atom. The summed E-state index contributed by atoms with van der Waals surface area (Å²) in [5, 5.41) is 0.104. The average molecular weight is 442 g/mol. The molecule has 0 unspecified atom stereocenters. The number of carbonyl (C=O) groups is 1. The number of sulfonamides is 1. The maximum absolute atomic E-state index is 12.9. The first-order valence-corrected chi connectivity index (χ1v) is 11.0. The summed E-state index contributed by atoms with van der Waals surface area (Å²) < 4.78 is 50.4. The van der Waals surface area contributed by atoms with Crippen molar-refractivity contribution in [2.24, 2.45) is 0 Å². The molecule has 0 aromatic heterocycles. The minimum atomic E-state index is -3.69. The molecule has 1 saturated heterocycles. The van der Waals surface area contributed by atoms with Crippen molar-refractivity contribution in [2.45, 2.75) is 24.2 Å². The molecule has 0 aliphatic carbocycles. The molecule has 0 saturated carbocycles. The molecule has 0 bridgehead atoms. The van der Waals surface area contributed by atoms with Crippen LogP contribution in [-0.4, -0.2) is 45.0 Å². The Hall–Kier alpha value is -2.16. The van der Waals surface area contributed by atoms with Crippen molar-refractivity contribution in [1.29, 1.82) is 0 Å². The zero-order chi connectivity index (χ0) is 20.9. The van der Waals surface area contributed by atoms with Gasteiger partial charge in [0.15, 0.2) is 0 Å². The SMILES string of the molecule is O=C(OCCOc1ccc(F)cc1)c1cc(S(=O)(=O)N2CCCCC2)ccc1Cl. The monoisotopic (exact) mass is 441 g/mol. The molecule has 3 rings (SSSR count). The highest BCUT2D eigenvalue weighted by molar-refractivity contribution is 7.89. The fourth-order valence-electron chi connectivity index (χ4n) is 2.98. The smallest absolute Gasteiger partial charge is 0.339 e. The van der Waals surface area contributed by atoms with E-state index in [2.05, 4.69) is 0 Å².